The molecule has 3 heterocycles. The van der Waals surface area contributed by atoms with Crippen LogP contribution in [0.4, 0.5) is 4.39 Å². The summed E-state index contributed by atoms with van der Waals surface area (Å²) in [4.78, 5) is 17.3. The smallest absolute Gasteiger partial charge is 0.310 e. The van der Waals surface area contributed by atoms with E-state index in [0.29, 0.717) is 18.4 Å². The lowest BCUT2D eigenvalue weighted by Crippen LogP contribution is -2.41. The molecule has 0 unspecified atom stereocenters. The summed E-state index contributed by atoms with van der Waals surface area (Å²) in [6.45, 7) is 8.67. The lowest BCUT2D eigenvalue weighted by Gasteiger charge is -2.35. The molecule has 2 aliphatic heterocycles. The van der Waals surface area contributed by atoms with Crippen molar-refractivity contribution in [3.05, 3.63) is 52.6 Å². The summed E-state index contributed by atoms with van der Waals surface area (Å²) in [5, 5.41) is 15.1. The van der Waals surface area contributed by atoms with E-state index in [1.165, 1.54) is 49.6 Å². The van der Waals surface area contributed by atoms with E-state index in [-0.39, 0.29) is 11.7 Å². The normalized spacial score (nSPS) is 26.2. The molecule has 6 nitrogen and oxygen atoms in total. The van der Waals surface area contributed by atoms with Gasteiger partial charge in [-0.1, -0.05) is 25.0 Å². The van der Waals surface area contributed by atoms with Crippen LogP contribution in [-0.4, -0.2) is 69.9 Å². The number of carboxylic acid groups (broad SMARTS) is 1. The fraction of sp³-hybridized carbons (Fsp3) is 0.688. The number of hydrogen-bond acceptors (Lipinski definition) is 4. The maximum absolute atomic E-state index is 14.2. The third kappa shape index (κ3) is 5.41. The number of piperidine rings is 1. The maximum atomic E-state index is 14.2. The zero-order valence-electron chi connectivity index (χ0n) is 23.6. The van der Waals surface area contributed by atoms with Gasteiger partial charge in [-0.05, 0) is 101 Å². The van der Waals surface area contributed by atoms with Gasteiger partial charge < -0.3 is 14.9 Å². The SMILES string of the molecule is CCn1nc2c(c1C1CCN(C[C@H]3CN(CC4(C(=O)O)CCCC4)C[C@@H]3c3cccc(F)c3)CC1)CCCC2. The molecule has 2 atom stereocenters. The minimum atomic E-state index is -0.638. The first-order chi connectivity index (χ1) is 19.0. The number of benzene rings is 1. The first-order valence-corrected chi connectivity index (χ1v) is 15.5. The summed E-state index contributed by atoms with van der Waals surface area (Å²) in [6.07, 6.45) is 10.8. The Balaban J connectivity index is 1.15. The molecule has 1 N–H and O–H groups in total. The first-order valence-electron chi connectivity index (χ1n) is 15.5. The van der Waals surface area contributed by atoms with Crippen LogP contribution in [0.15, 0.2) is 24.3 Å². The van der Waals surface area contributed by atoms with Gasteiger partial charge in [0, 0.05) is 50.3 Å². The molecule has 39 heavy (non-hydrogen) atoms. The number of hydrogen-bond donors (Lipinski definition) is 1. The van der Waals surface area contributed by atoms with Crippen molar-refractivity contribution in [1.29, 1.82) is 0 Å². The zero-order chi connectivity index (χ0) is 27.0. The van der Waals surface area contributed by atoms with Gasteiger partial charge in [0.1, 0.15) is 5.82 Å². The zero-order valence-corrected chi connectivity index (χ0v) is 23.6. The Morgan fingerprint density at radius 3 is 2.56 bits per heavy atom. The van der Waals surface area contributed by atoms with Crippen molar-refractivity contribution in [3.63, 3.8) is 0 Å². The van der Waals surface area contributed by atoms with Crippen LogP contribution in [0.25, 0.3) is 0 Å². The van der Waals surface area contributed by atoms with Crippen molar-refractivity contribution in [1.82, 2.24) is 19.6 Å². The Labute approximate surface area is 232 Å². The molecule has 0 spiro atoms. The molecule has 2 aliphatic carbocycles. The molecule has 4 aliphatic rings. The van der Waals surface area contributed by atoms with Gasteiger partial charge in [0.25, 0.3) is 0 Å². The first kappa shape index (κ1) is 26.9. The minimum Gasteiger partial charge on any atom is -0.481 e. The Morgan fingerprint density at radius 2 is 1.85 bits per heavy atom. The highest BCUT2D eigenvalue weighted by molar-refractivity contribution is 5.75. The number of aromatic nitrogens is 2. The third-order valence-corrected chi connectivity index (χ3v) is 10.4. The largest absolute Gasteiger partial charge is 0.481 e. The van der Waals surface area contributed by atoms with E-state index in [1.807, 2.05) is 6.07 Å². The minimum absolute atomic E-state index is 0.181. The van der Waals surface area contributed by atoms with Crippen molar-refractivity contribution in [2.75, 3.05) is 39.3 Å². The molecule has 6 rings (SSSR count). The van der Waals surface area contributed by atoms with Crippen molar-refractivity contribution < 1.29 is 14.3 Å². The molecule has 1 aromatic heterocycles. The van der Waals surface area contributed by atoms with Gasteiger partial charge in [0.05, 0.1) is 11.1 Å². The van der Waals surface area contributed by atoms with Gasteiger partial charge in [0.2, 0.25) is 0 Å². The lowest BCUT2D eigenvalue weighted by atomic mass is 9.85. The van der Waals surface area contributed by atoms with Crippen LogP contribution in [0.1, 0.15) is 92.6 Å². The molecular formula is C32H45FN4O2. The molecule has 0 radical (unpaired) electrons. The van der Waals surface area contributed by atoms with E-state index in [4.69, 9.17) is 5.10 Å². The molecule has 2 aromatic rings. The number of halogens is 1. The second-order valence-corrected chi connectivity index (χ2v) is 12.8. The highest BCUT2D eigenvalue weighted by Gasteiger charge is 2.45. The Hall–Kier alpha value is -2.25. The number of fused-ring (bicyclic) bond motifs is 1. The average Bonchev–Trinajstić information content (AvgIpc) is 3.67. The fourth-order valence-corrected chi connectivity index (χ4v) is 8.36. The Morgan fingerprint density at radius 1 is 1.08 bits per heavy atom. The van der Waals surface area contributed by atoms with Crippen molar-refractivity contribution in [2.24, 2.45) is 11.3 Å². The van der Waals surface area contributed by atoms with Crippen LogP contribution in [0.5, 0.6) is 0 Å². The number of rotatable bonds is 8. The Kier molecular flexibility index (Phi) is 7.82. The van der Waals surface area contributed by atoms with E-state index in [2.05, 4.69) is 27.5 Å². The molecule has 2 saturated heterocycles. The molecule has 0 bridgehead atoms. The van der Waals surface area contributed by atoms with Crippen LogP contribution in [0.3, 0.4) is 0 Å². The van der Waals surface area contributed by atoms with E-state index < -0.39 is 11.4 Å². The van der Waals surface area contributed by atoms with E-state index in [1.54, 1.807) is 11.6 Å². The number of aryl methyl sites for hydroxylation is 2. The predicted molar refractivity (Wildman–Crippen MR) is 151 cm³/mol. The quantitative estimate of drug-likeness (QED) is 0.485. The van der Waals surface area contributed by atoms with Gasteiger partial charge in [-0.15, -0.1) is 0 Å². The Bertz CT molecular complexity index is 1160. The summed E-state index contributed by atoms with van der Waals surface area (Å²) < 4.78 is 16.5. The second kappa shape index (κ2) is 11.3. The average molecular weight is 537 g/mol. The number of carboxylic acids is 1. The molecule has 1 saturated carbocycles. The highest BCUT2D eigenvalue weighted by atomic mass is 19.1. The van der Waals surface area contributed by atoms with Crippen LogP contribution < -0.4 is 0 Å². The number of likely N-dealkylation sites (tertiary alicyclic amines) is 2. The van der Waals surface area contributed by atoms with Crippen LogP contribution in [-0.2, 0) is 24.2 Å². The number of nitrogens with zero attached hydrogens (tertiary/aromatic N) is 4. The van der Waals surface area contributed by atoms with Gasteiger partial charge in [-0.3, -0.25) is 9.48 Å². The van der Waals surface area contributed by atoms with Gasteiger partial charge in [-0.2, -0.15) is 5.10 Å². The van der Waals surface area contributed by atoms with Crippen molar-refractivity contribution in [3.8, 4) is 0 Å². The molecule has 212 valence electrons. The van der Waals surface area contributed by atoms with Crippen LogP contribution >= 0.6 is 0 Å². The molecule has 0 amide bonds. The summed E-state index contributed by atoms with van der Waals surface area (Å²) in [7, 11) is 0. The van der Waals surface area contributed by atoms with Crippen molar-refractivity contribution >= 4 is 5.97 Å². The molecular weight excluding hydrogens is 491 g/mol. The van der Waals surface area contributed by atoms with Crippen LogP contribution in [0, 0.1) is 17.2 Å². The summed E-state index contributed by atoms with van der Waals surface area (Å²) in [6, 6.07) is 7.11. The fourth-order valence-electron chi connectivity index (χ4n) is 8.36. The number of aliphatic carboxylic acids is 1. The van der Waals surface area contributed by atoms with E-state index in [0.717, 1.165) is 76.9 Å². The summed E-state index contributed by atoms with van der Waals surface area (Å²) in [5.74, 6) is 0.386. The molecule has 7 heteroatoms. The highest BCUT2D eigenvalue weighted by Crippen LogP contribution is 2.43. The van der Waals surface area contributed by atoms with E-state index in [9.17, 15) is 14.3 Å². The van der Waals surface area contributed by atoms with E-state index >= 15 is 0 Å². The third-order valence-electron chi connectivity index (χ3n) is 10.4. The van der Waals surface area contributed by atoms with Gasteiger partial charge >= 0.3 is 5.97 Å². The maximum Gasteiger partial charge on any atom is 0.310 e. The van der Waals surface area contributed by atoms with Crippen molar-refractivity contribution in [2.45, 2.75) is 89.5 Å². The molecule has 1 aromatic carbocycles. The monoisotopic (exact) mass is 536 g/mol. The topological polar surface area (TPSA) is 61.6 Å². The molecule has 3 fully saturated rings. The standard InChI is InChI=1S/C32H45FN4O2/c1-2-37-30(27-10-3-4-11-29(27)34-37)23-12-16-35(17-13-23)19-25-20-36(22-32(31(38)39)14-5-6-15-32)21-28(25)24-8-7-9-26(33)18-24/h7-9,18,23,25,28H,2-6,10-17,19-22H2,1H3,(H,38,39)/t25-,28+/m0/s1. The van der Waals surface area contributed by atoms with Gasteiger partial charge in [-0.25, -0.2) is 4.39 Å². The van der Waals surface area contributed by atoms with Crippen LogP contribution in [0.2, 0.25) is 0 Å². The summed E-state index contributed by atoms with van der Waals surface area (Å²) in [5.41, 5.74) is 4.88. The number of carbonyl (C=O) groups is 1. The second-order valence-electron chi connectivity index (χ2n) is 12.8. The summed E-state index contributed by atoms with van der Waals surface area (Å²) >= 11 is 0. The van der Waals surface area contributed by atoms with Gasteiger partial charge in [0.15, 0.2) is 0 Å². The predicted octanol–water partition coefficient (Wildman–Crippen LogP) is 5.46. The lowest BCUT2D eigenvalue weighted by molar-refractivity contribution is -0.149.